The quantitative estimate of drug-likeness (QED) is 0.355. The molecule has 0 atom stereocenters. The molecule has 2 heteroatoms. The minimum Gasteiger partial charge on any atom is -0.140 e. The molecule has 0 fully saturated rings. The van der Waals surface area contributed by atoms with Gasteiger partial charge in [-0.25, -0.2) is 0 Å². The average Bonchev–Trinajstić information content (AvgIpc) is 3.18. The molecule has 2 aromatic carbocycles. The van der Waals surface area contributed by atoms with Gasteiger partial charge in [0.2, 0.25) is 0 Å². The minimum atomic E-state index is 1.07. The van der Waals surface area contributed by atoms with E-state index in [9.17, 15) is 0 Å². The Hall–Kier alpha value is -2.08. The molecule has 24 heavy (non-hydrogen) atoms. The number of hydrogen-bond donors (Lipinski definition) is 0. The summed E-state index contributed by atoms with van der Waals surface area (Å²) in [6.45, 7) is 2.25. The van der Waals surface area contributed by atoms with Crippen molar-refractivity contribution >= 4 is 42.8 Å². The number of fused-ring (bicyclic) bond motifs is 2. The predicted octanol–water partition coefficient (Wildman–Crippen LogP) is 6.86. The van der Waals surface area contributed by atoms with Crippen molar-refractivity contribution in [2.24, 2.45) is 0 Å². The van der Waals surface area contributed by atoms with E-state index in [0.717, 1.165) is 10.4 Å². The molecule has 4 rings (SSSR count). The fourth-order valence-corrected chi connectivity index (χ4v) is 4.90. The Kier molecular flexibility index (Phi) is 4.38. The second-order valence-electron chi connectivity index (χ2n) is 5.97. The highest BCUT2D eigenvalue weighted by Crippen LogP contribution is 2.34. The van der Waals surface area contributed by atoms with Crippen molar-refractivity contribution in [2.45, 2.75) is 26.2 Å². The molecule has 0 aliphatic carbocycles. The predicted molar refractivity (Wildman–Crippen MR) is 108 cm³/mol. The van der Waals surface area contributed by atoms with E-state index < -0.39 is 0 Å². The average molecular weight is 347 g/mol. The Morgan fingerprint density at radius 3 is 2.38 bits per heavy atom. The molecule has 2 aromatic heterocycles. The van der Waals surface area contributed by atoms with Crippen LogP contribution < -0.4 is 0 Å². The van der Waals surface area contributed by atoms with Crippen LogP contribution in [0.2, 0.25) is 0 Å². The SMILES string of the molecule is CCCCc1cc2cc3sc(C#Cc4ccccc4)cc3cc2s1. The van der Waals surface area contributed by atoms with Crippen molar-refractivity contribution in [1.82, 2.24) is 0 Å². The summed E-state index contributed by atoms with van der Waals surface area (Å²) in [5, 5.41) is 2.69. The first-order valence-electron chi connectivity index (χ1n) is 8.35. The first-order valence-corrected chi connectivity index (χ1v) is 9.98. The number of benzene rings is 2. The van der Waals surface area contributed by atoms with Gasteiger partial charge in [-0.3, -0.25) is 0 Å². The van der Waals surface area contributed by atoms with Gasteiger partial charge in [0.25, 0.3) is 0 Å². The molecule has 0 N–H and O–H groups in total. The largest absolute Gasteiger partial charge is 0.140 e. The number of aryl methyl sites for hydroxylation is 1. The fourth-order valence-electron chi connectivity index (χ4n) is 2.82. The molecule has 0 unspecified atom stereocenters. The third kappa shape index (κ3) is 3.24. The summed E-state index contributed by atoms with van der Waals surface area (Å²) in [4.78, 5) is 2.64. The van der Waals surface area contributed by atoms with Gasteiger partial charge < -0.3 is 0 Å². The van der Waals surface area contributed by atoms with E-state index in [2.05, 4.69) is 43.0 Å². The van der Waals surface area contributed by atoms with Crippen molar-refractivity contribution in [3.8, 4) is 11.8 Å². The normalized spacial score (nSPS) is 10.9. The van der Waals surface area contributed by atoms with Gasteiger partial charge in [-0.1, -0.05) is 43.4 Å². The number of thiophene rings is 2. The molecule has 0 saturated carbocycles. The van der Waals surface area contributed by atoms with E-state index in [0.29, 0.717) is 0 Å². The van der Waals surface area contributed by atoms with E-state index >= 15 is 0 Å². The van der Waals surface area contributed by atoms with Crippen LogP contribution in [0.5, 0.6) is 0 Å². The lowest BCUT2D eigenvalue weighted by molar-refractivity contribution is 0.804. The van der Waals surface area contributed by atoms with Crippen molar-refractivity contribution in [2.75, 3.05) is 0 Å². The molecular weight excluding hydrogens is 328 g/mol. The van der Waals surface area contributed by atoms with E-state index in [1.807, 2.05) is 41.7 Å². The minimum absolute atomic E-state index is 1.07. The second kappa shape index (κ2) is 6.81. The van der Waals surface area contributed by atoms with Crippen molar-refractivity contribution in [1.29, 1.82) is 0 Å². The smallest absolute Gasteiger partial charge is 0.0784 e. The monoisotopic (exact) mass is 346 g/mol. The van der Waals surface area contributed by atoms with Crippen LogP contribution in [0.1, 0.15) is 35.1 Å². The zero-order chi connectivity index (χ0) is 16.4. The van der Waals surface area contributed by atoms with Gasteiger partial charge in [-0.2, -0.15) is 0 Å². The number of unbranched alkanes of at least 4 members (excludes halogenated alkanes) is 1. The molecule has 0 aliphatic rings. The summed E-state index contributed by atoms with van der Waals surface area (Å²) in [6, 6.07) is 19.4. The number of rotatable bonds is 3. The summed E-state index contributed by atoms with van der Waals surface area (Å²) >= 11 is 3.73. The van der Waals surface area contributed by atoms with Gasteiger partial charge in [0, 0.05) is 19.8 Å². The maximum Gasteiger partial charge on any atom is 0.0784 e. The van der Waals surface area contributed by atoms with Gasteiger partial charge in [0.05, 0.1) is 4.88 Å². The third-order valence-corrected chi connectivity index (χ3v) is 6.26. The van der Waals surface area contributed by atoms with Crippen LogP contribution in [0, 0.1) is 11.8 Å². The van der Waals surface area contributed by atoms with Crippen LogP contribution in [0.4, 0.5) is 0 Å². The Bertz CT molecular complexity index is 988. The summed E-state index contributed by atoms with van der Waals surface area (Å²) in [5.74, 6) is 6.56. The Labute approximate surface area is 150 Å². The Balaban J connectivity index is 1.67. The van der Waals surface area contributed by atoms with Gasteiger partial charge >= 0.3 is 0 Å². The standard InChI is InChI=1S/C22H18S2/c1-2-3-9-19-12-17-14-22-18(15-21(17)23-19)13-20(24-22)11-10-16-7-5-4-6-8-16/h4-8,12-15H,2-3,9H2,1H3. The Morgan fingerprint density at radius 2 is 1.58 bits per heavy atom. The van der Waals surface area contributed by atoms with Crippen LogP contribution in [0.15, 0.2) is 54.6 Å². The first-order chi connectivity index (χ1) is 11.8. The molecule has 0 radical (unpaired) electrons. The van der Waals surface area contributed by atoms with E-state index in [4.69, 9.17) is 0 Å². The van der Waals surface area contributed by atoms with Crippen LogP contribution in [-0.2, 0) is 6.42 Å². The summed E-state index contributed by atoms with van der Waals surface area (Å²) in [6.07, 6.45) is 3.74. The second-order valence-corrected chi connectivity index (χ2v) is 8.22. The molecule has 118 valence electrons. The highest BCUT2D eigenvalue weighted by molar-refractivity contribution is 7.21. The van der Waals surface area contributed by atoms with Crippen molar-refractivity contribution in [3.63, 3.8) is 0 Å². The molecule has 0 amide bonds. The maximum atomic E-state index is 3.31. The highest BCUT2D eigenvalue weighted by atomic mass is 32.1. The zero-order valence-corrected chi connectivity index (χ0v) is 15.3. The van der Waals surface area contributed by atoms with Gasteiger partial charge in [0.15, 0.2) is 0 Å². The molecule has 0 nitrogen and oxygen atoms in total. The highest BCUT2D eigenvalue weighted by Gasteiger charge is 2.06. The molecule has 4 aromatic rings. The van der Waals surface area contributed by atoms with Crippen LogP contribution in [0.3, 0.4) is 0 Å². The van der Waals surface area contributed by atoms with Crippen LogP contribution in [0.25, 0.3) is 20.2 Å². The van der Waals surface area contributed by atoms with E-state index in [1.165, 1.54) is 44.3 Å². The van der Waals surface area contributed by atoms with Crippen molar-refractivity contribution < 1.29 is 0 Å². The molecule has 2 heterocycles. The zero-order valence-electron chi connectivity index (χ0n) is 13.6. The van der Waals surface area contributed by atoms with Crippen LogP contribution in [-0.4, -0.2) is 0 Å². The van der Waals surface area contributed by atoms with Gasteiger partial charge in [-0.05, 0) is 60.0 Å². The lowest BCUT2D eigenvalue weighted by atomic mass is 10.2. The molecule has 0 spiro atoms. The van der Waals surface area contributed by atoms with Gasteiger partial charge in [-0.15, -0.1) is 22.7 Å². The number of hydrogen-bond acceptors (Lipinski definition) is 2. The maximum absolute atomic E-state index is 3.31. The third-order valence-electron chi connectivity index (χ3n) is 4.09. The lowest BCUT2D eigenvalue weighted by Gasteiger charge is -1.90. The van der Waals surface area contributed by atoms with E-state index in [1.54, 1.807) is 11.3 Å². The molecular formula is C22H18S2. The fraction of sp³-hybridized carbons (Fsp3) is 0.182. The molecule has 0 saturated heterocycles. The van der Waals surface area contributed by atoms with E-state index in [-0.39, 0.29) is 0 Å². The molecule has 0 aliphatic heterocycles. The summed E-state index contributed by atoms with van der Waals surface area (Å²) in [5.41, 5.74) is 1.07. The topological polar surface area (TPSA) is 0 Å². The van der Waals surface area contributed by atoms with Crippen LogP contribution >= 0.6 is 22.7 Å². The lowest BCUT2D eigenvalue weighted by Crippen LogP contribution is -1.76. The first kappa shape index (κ1) is 15.4. The van der Waals surface area contributed by atoms with Crippen molar-refractivity contribution in [3.05, 3.63) is 69.9 Å². The summed E-state index contributed by atoms with van der Waals surface area (Å²) in [7, 11) is 0. The Morgan fingerprint density at radius 1 is 0.833 bits per heavy atom. The summed E-state index contributed by atoms with van der Waals surface area (Å²) < 4.78 is 2.73. The molecule has 0 bridgehead atoms. The van der Waals surface area contributed by atoms with Gasteiger partial charge in [0.1, 0.15) is 0 Å².